The Kier molecular flexibility index (Phi) is 2.90. The van der Waals surface area contributed by atoms with Gasteiger partial charge in [-0.2, -0.15) is 4.98 Å². The summed E-state index contributed by atoms with van der Waals surface area (Å²) in [6.07, 6.45) is 7.11. The Morgan fingerprint density at radius 1 is 1.29 bits per heavy atom. The van der Waals surface area contributed by atoms with Gasteiger partial charge in [-0.25, -0.2) is 9.97 Å². The number of nitrogens with one attached hydrogen (secondary N) is 1. The second-order valence-corrected chi connectivity index (χ2v) is 5.09. The average Bonchev–Trinajstić information content (AvgIpc) is 3.16. The molecule has 0 bridgehead atoms. The highest BCUT2D eigenvalue weighted by atomic mass is 16.5. The maximum Gasteiger partial charge on any atom is 0.280 e. The highest BCUT2D eigenvalue weighted by molar-refractivity contribution is 5.66. The van der Waals surface area contributed by atoms with E-state index in [0.717, 1.165) is 19.6 Å². The zero-order valence-electron chi connectivity index (χ0n) is 11.6. The van der Waals surface area contributed by atoms with E-state index in [-0.39, 0.29) is 6.04 Å². The molecule has 1 unspecified atom stereocenters. The van der Waals surface area contributed by atoms with Gasteiger partial charge >= 0.3 is 0 Å². The first kappa shape index (κ1) is 12.4. The van der Waals surface area contributed by atoms with Crippen molar-refractivity contribution in [1.29, 1.82) is 0 Å². The third kappa shape index (κ3) is 2.08. The Morgan fingerprint density at radius 2 is 2.14 bits per heavy atom. The number of fused-ring (bicyclic) bond motifs is 1. The predicted molar refractivity (Wildman–Crippen MR) is 74.5 cm³/mol. The lowest BCUT2D eigenvalue weighted by Gasteiger charge is -2.30. The van der Waals surface area contributed by atoms with Gasteiger partial charge in [-0.15, -0.1) is 0 Å². The van der Waals surface area contributed by atoms with Crippen LogP contribution in [0.2, 0.25) is 0 Å². The molecule has 1 fully saturated rings. The van der Waals surface area contributed by atoms with Crippen LogP contribution in [0.3, 0.4) is 0 Å². The second kappa shape index (κ2) is 4.90. The van der Waals surface area contributed by atoms with Gasteiger partial charge in [0.1, 0.15) is 0 Å². The summed E-state index contributed by atoms with van der Waals surface area (Å²) in [6, 6.07) is 0.121. The van der Waals surface area contributed by atoms with E-state index in [1.807, 2.05) is 16.8 Å². The molecule has 3 aromatic heterocycles. The molecule has 1 atom stereocenters. The maximum atomic E-state index is 5.40. The molecule has 0 aliphatic carbocycles. The minimum Gasteiger partial charge on any atom is -0.332 e. The zero-order valence-corrected chi connectivity index (χ0v) is 11.6. The number of hydrogen-bond donors (Lipinski definition) is 1. The van der Waals surface area contributed by atoms with Crippen LogP contribution in [0.5, 0.6) is 0 Å². The Morgan fingerprint density at radius 3 is 3.00 bits per heavy atom. The third-order valence-electron chi connectivity index (χ3n) is 3.76. The number of rotatable bonds is 2. The number of piperazine rings is 1. The fourth-order valence-electron chi connectivity index (χ4n) is 2.57. The van der Waals surface area contributed by atoms with E-state index in [2.05, 4.69) is 37.4 Å². The first-order valence-electron chi connectivity index (χ1n) is 6.85. The van der Waals surface area contributed by atoms with Gasteiger partial charge in [0.2, 0.25) is 0 Å². The molecule has 8 heteroatoms. The molecular formula is C13H15N7O. The van der Waals surface area contributed by atoms with E-state index in [1.165, 1.54) is 0 Å². The molecule has 8 nitrogen and oxygen atoms in total. The van der Waals surface area contributed by atoms with Crippen LogP contribution in [0.15, 0.2) is 29.3 Å². The maximum absolute atomic E-state index is 5.40. The third-order valence-corrected chi connectivity index (χ3v) is 3.76. The number of hydrogen-bond acceptors (Lipinski definition) is 7. The van der Waals surface area contributed by atoms with E-state index in [4.69, 9.17) is 4.52 Å². The smallest absolute Gasteiger partial charge is 0.280 e. The summed E-state index contributed by atoms with van der Waals surface area (Å²) in [5.74, 6) is 1.08. The van der Waals surface area contributed by atoms with E-state index in [0.29, 0.717) is 23.1 Å². The van der Waals surface area contributed by atoms with Crippen LogP contribution in [-0.2, 0) is 0 Å². The predicted octanol–water partition coefficient (Wildman–Crippen LogP) is 0.355. The summed E-state index contributed by atoms with van der Waals surface area (Å²) in [5.41, 5.74) is 1.32. The molecule has 4 rings (SSSR count). The molecule has 1 N–H and O–H groups in total. The molecule has 0 spiro atoms. The van der Waals surface area contributed by atoms with Crippen molar-refractivity contribution < 1.29 is 4.52 Å². The van der Waals surface area contributed by atoms with Crippen molar-refractivity contribution in [2.45, 2.75) is 6.04 Å². The lowest BCUT2D eigenvalue weighted by molar-refractivity contribution is 0.190. The largest absolute Gasteiger partial charge is 0.332 e. The summed E-state index contributed by atoms with van der Waals surface area (Å²) >= 11 is 0. The molecule has 4 heterocycles. The van der Waals surface area contributed by atoms with Crippen molar-refractivity contribution in [1.82, 2.24) is 34.7 Å². The highest BCUT2D eigenvalue weighted by Crippen LogP contribution is 2.23. The second-order valence-electron chi connectivity index (χ2n) is 5.09. The van der Waals surface area contributed by atoms with Crippen molar-refractivity contribution in [3.8, 4) is 11.6 Å². The molecule has 3 aromatic rings. The minimum absolute atomic E-state index is 0.121. The molecule has 1 aliphatic rings. The fraction of sp³-hybridized carbons (Fsp3) is 0.385. The first-order chi connectivity index (χ1) is 10.3. The van der Waals surface area contributed by atoms with E-state index < -0.39 is 0 Å². The number of likely N-dealkylation sites (N-methyl/N-ethyl adjacent to an activating group) is 1. The molecule has 108 valence electrons. The fourth-order valence-corrected chi connectivity index (χ4v) is 2.57. The highest BCUT2D eigenvalue weighted by Gasteiger charge is 2.26. The van der Waals surface area contributed by atoms with Crippen molar-refractivity contribution in [3.63, 3.8) is 0 Å². The number of imidazole rings is 1. The van der Waals surface area contributed by atoms with Crippen molar-refractivity contribution in [3.05, 3.63) is 30.6 Å². The van der Waals surface area contributed by atoms with Gasteiger partial charge in [0.25, 0.3) is 5.89 Å². The van der Waals surface area contributed by atoms with Crippen molar-refractivity contribution in [2.75, 3.05) is 26.7 Å². The summed E-state index contributed by atoms with van der Waals surface area (Å²) in [7, 11) is 2.06. The Hall–Kier alpha value is -2.32. The van der Waals surface area contributed by atoms with Crippen molar-refractivity contribution >= 4 is 5.65 Å². The number of aromatic nitrogens is 5. The van der Waals surface area contributed by atoms with Crippen LogP contribution in [0, 0.1) is 0 Å². The van der Waals surface area contributed by atoms with Crippen LogP contribution >= 0.6 is 0 Å². The molecular weight excluding hydrogens is 270 g/mol. The van der Waals surface area contributed by atoms with Gasteiger partial charge in [0, 0.05) is 44.4 Å². The summed E-state index contributed by atoms with van der Waals surface area (Å²) in [5, 5.41) is 7.46. The Bertz CT molecular complexity index is 765. The monoisotopic (exact) mass is 285 g/mol. The number of nitrogens with zero attached hydrogens (tertiary/aromatic N) is 6. The lowest BCUT2D eigenvalue weighted by Crippen LogP contribution is -2.44. The van der Waals surface area contributed by atoms with Crippen molar-refractivity contribution in [2.24, 2.45) is 0 Å². The van der Waals surface area contributed by atoms with Gasteiger partial charge in [0.15, 0.2) is 17.2 Å². The van der Waals surface area contributed by atoms with Gasteiger partial charge in [-0.05, 0) is 7.05 Å². The molecule has 0 amide bonds. The van der Waals surface area contributed by atoms with E-state index >= 15 is 0 Å². The first-order valence-corrected chi connectivity index (χ1v) is 6.85. The van der Waals surface area contributed by atoms with Crippen LogP contribution in [0.25, 0.3) is 17.2 Å². The van der Waals surface area contributed by atoms with Gasteiger partial charge < -0.3 is 14.2 Å². The molecule has 21 heavy (non-hydrogen) atoms. The molecule has 0 radical (unpaired) electrons. The standard InChI is InChI=1S/C13H15N7O/c1-19-5-2-14-8-9(19)11-17-13(21-18-11)10-12-16-4-7-20(12)6-3-15-10/h3-4,6-7,9,14H,2,5,8H2,1H3. The average molecular weight is 285 g/mol. The SMILES string of the molecule is CN1CCNCC1c1noc(-c2nccn3ccnc23)n1. The molecule has 0 aromatic carbocycles. The van der Waals surface area contributed by atoms with Gasteiger partial charge in [-0.1, -0.05) is 5.16 Å². The van der Waals surface area contributed by atoms with Gasteiger partial charge in [0.05, 0.1) is 6.04 Å². The van der Waals surface area contributed by atoms with Crippen LogP contribution in [0.4, 0.5) is 0 Å². The molecule has 1 saturated heterocycles. The lowest BCUT2D eigenvalue weighted by atomic mass is 10.2. The Balaban J connectivity index is 1.72. The topological polar surface area (TPSA) is 84.4 Å². The summed E-state index contributed by atoms with van der Waals surface area (Å²) < 4.78 is 7.27. The molecule has 0 saturated carbocycles. The summed E-state index contributed by atoms with van der Waals surface area (Å²) in [4.78, 5) is 15.3. The van der Waals surface area contributed by atoms with Crippen LogP contribution < -0.4 is 5.32 Å². The van der Waals surface area contributed by atoms with E-state index in [1.54, 1.807) is 12.4 Å². The Labute approximate surface area is 120 Å². The van der Waals surface area contributed by atoms with Gasteiger partial charge in [-0.3, -0.25) is 4.90 Å². The minimum atomic E-state index is 0.121. The van der Waals surface area contributed by atoms with Crippen LogP contribution in [0.1, 0.15) is 11.9 Å². The molecule has 1 aliphatic heterocycles. The van der Waals surface area contributed by atoms with Crippen LogP contribution in [-0.4, -0.2) is 56.1 Å². The quantitative estimate of drug-likeness (QED) is 0.727. The normalized spacial score (nSPS) is 20.1. The van der Waals surface area contributed by atoms with E-state index in [9.17, 15) is 0 Å². The summed E-state index contributed by atoms with van der Waals surface area (Å²) in [6.45, 7) is 2.76. The zero-order chi connectivity index (χ0) is 14.2.